The van der Waals surface area contributed by atoms with Crippen LogP contribution in [0.15, 0.2) is 0 Å². The fraction of sp³-hybridized carbons (Fsp3) is 0.833. The topological polar surface area (TPSA) is 47.6 Å². The molecule has 0 aliphatic rings. The molecule has 3 nitrogen and oxygen atoms in total. The first kappa shape index (κ1) is 28.9. The van der Waals surface area contributed by atoms with Crippen LogP contribution in [-0.4, -0.2) is 30.7 Å². The summed E-state index contributed by atoms with van der Waals surface area (Å²) in [6.07, 6.45) is 0. The Bertz CT molecular complexity index is 230. The van der Waals surface area contributed by atoms with Gasteiger partial charge in [0.15, 0.2) is 0 Å². The molecular formula is C12H26Cl4N3Ti. The summed E-state index contributed by atoms with van der Waals surface area (Å²) in [6, 6.07) is 3.50. The van der Waals surface area contributed by atoms with Gasteiger partial charge in [-0.2, -0.15) is 10.5 Å². The van der Waals surface area contributed by atoms with Crippen molar-refractivity contribution in [3.8, 4) is 12.1 Å². The number of rotatable bonds is 4. The van der Waals surface area contributed by atoms with Crippen LogP contribution in [0, 0.1) is 22.7 Å². The van der Waals surface area contributed by atoms with Crippen LogP contribution >= 0.6 is 37.2 Å². The van der Waals surface area contributed by atoms with E-state index < -0.39 is 12.3 Å². The molecule has 0 aromatic rings. The van der Waals surface area contributed by atoms with Crippen molar-refractivity contribution in [1.29, 1.82) is 10.5 Å². The zero-order valence-electron chi connectivity index (χ0n) is 13.2. The van der Waals surface area contributed by atoms with E-state index in [1.165, 1.54) is 44.5 Å². The summed E-state index contributed by atoms with van der Waals surface area (Å²) in [7, 11) is 20.1. The Kier molecular flexibility index (Phi) is 28.6. The molecular weight excluding hydrogens is 376 g/mol. The molecule has 0 fully saturated rings. The van der Waals surface area contributed by atoms with Gasteiger partial charge in [-0.05, 0) is 27.7 Å². The summed E-state index contributed by atoms with van der Waals surface area (Å²) in [5.41, 5.74) is 0. The number of nitriles is 2. The van der Waals surface area contributed by atoms with Crippen LogP contribution in [0.3, 0.4) is 0 Å². The summed E-state index contributed by atoms with van der Waals surface area (Å²) in [6.45, 7) is 17.1. The summed E-state index contributed by atoms with van der Waals surface area (Å²) < 4.78 is 1.28. The summed E-state index contributed by atoms with van der Waals surface area (Å²) >= 11 is -3.11. The summed E-state index contributed by atoms with van der Waals surface area (Å²) in [5.74, 6) is 0. The molecule has 0 spiro atoms. The number of halogens is 4. The van der Waals surface area contributed by atoms with E-state index in [0.29, 0.717) is 0 Å². The minimum atomic E-state index is -3.11. The van der Waals surface area contributed by atoms with Gasteiger partial charge in [-0.1, -0.05) is 0 Å². The fourth-order valence-electron chi connectivity index (χ4n) is 1.34. The zero-order valence-corrected chi connectivity index (χ0v) is 17.8. The maximum atomic E-state index is 7.32. The fourth-order valence-corrected chi connectivity index (χ4v) is 1.34. The molecule has 0 aromatic heterocycles. The van der Waals surface area contributed by atoms with Crippen molar-refractivity contribution in [1.82, 2.24) is 0 Å². The molecule has 0 saturated carbocycles. The van der Waals surface area contributed by atoms with Gasteiger partial charge in [0, 0.05) is 13.8 Å². The standard InChI is InChI=1S/C8H20N.2C2H3N.4ClH.Ti/c1-5-9(6-2,7-3)8-4;2*1-2-3;;;;;/h5-8H2,1-4H3;2*1H3;4*1H;/q+1;;;;;;;+3/p-4. The Balaban J connectivity index is -0.0000000983. The molecule has 0 saturated heterocycles. The Morgan fingerprint density at radius 3 is 0.850 bits per heavy atom. The van der Waals surface area contributed by atoms with Crippen molar-refractivity contribution in [3.05, 3.63) is 0 Å². The first-order valence-corrected chi connectivity index (χ1v) is 14.9. The van der Waals surface area contributed by atoms with E-state index in [1.54, 1.807) is 12.1 Å². The molecule has 0 radical (unpaired) electrons. The second-order valence-corrected chi connectivity index (χ2v) is 19.0. The quantitative estimate of drug-likeness (QED) is 0.448. The SMILES string of the molecule is CC#N.CC#N.CC[N+](CC)(CC)CC.[Cl][Ti-]([Cl])([Cl])[Cl]. The van der Waals surface area contributed by atoms with Gasteiger partial charge in [0.25, 0.3) is 0 Å². The van der Waals surface area contributed by atoms with Gasteiger partial charge < -0.3 is 4.48 Å². The average Bonchev–Trinajstić information content (AvgIpc) is 2.33. The maximum absolute atomic E-state index is 7.32. The van der Waals surface area contributed by atoms with E-state index in [1.807, 2.05) is 0 Å². The molecule has 0 aliphatic heterocycles. The Hall–Kier alpha value is 0.814. The third-order valence-electron chi connectivity index (χ3n) is 2.68. The number of hydrogen-bond acceptors (Lipinski definition) is 2. The number of nitrogens with zero attached hydrogens (tertiary/aromatic N) is 3. The molecule has 20 heavy (non-hydrogen) atoms. The third kappa shape index (κ3) is 36.4. The van der Waals surface area contributed by atoms with Crippen molar-refractivity contribution >= 4 is 37.2 Å². The predicted octanol–water partition coefficient (Wildman–Crippen LogP) is 5.70. The number of hydrogen-bond donors (Lipinski definition) is 0. The van der Waals surface area contributed by atoms with Gasteiger partial charge in [-0.3, -0.25) is 0 Å². The van der Waals surface area contributed by atoms with E-state index in [-0.39, 0.29) is 0 Å². The monoisotopic (exact) mass is 400 g/mol. The molecule has 0 amide bonds. The van der Waals surface area contributed by atoms with Crippen LogP contribution in [0.1, 0.15) is 41.5 Å². The van der Waals surface area contributed by atoms with Crippen molar-refractivity contribution in [3.63, 3.8) is 0 Å². The molecule has 0 unspecified atom stereocenters. The van der Waals surface area contributed by atoms with Gasteiger partial charge in [-0.15, -0.1) is 0 Å². The first-order chi connectivity index (χ1) is 9.07. The second-order valence-electron chi connectivity index (χ2n) is 3.48. The molecule has 0 heterocycles. The van der Waals surface area contributed by atoms with Gasteiger partial charge in [0.2, 0.25) is 0 Å². The van der Waals surface area contributed by atoms with Gasteiger partial charge in [0.1, 0.15) is 0 Å². The van der Waals surface area contributed by atoms with E-state index in [4.69, 9.17) is 47.7 Å². The summed E-state index contributed by atoms with van der Waals surface area (Å²) in [5, 5.41) is 14.6. The second kappa shape index (κ2) is 19.8. The van der Waals surface area contributed by atoms with Crippen LogP contribution in [0.4, 0.5) is 0 Å². The van der Waals surface area contributed by atoms with Gasteiger partial charge in [0.05, 0.1) is 38.3 Å². The molecule has 0 rings (SSSR count). The van der Waals surface area contributed by atoms with Crippen LogP contribution in [0.5, 0.6) is 0 Å². The van der Waals surface area contributed by atoms with Crippen LogP contribution in [0.25, 0.3) is 0 Å². The molecule has 0 aromatic carbocycles. The number of quaternary nitrogens is 1. The van der Waals surface area contributed by atoms with Gasteiger partial charge >= 0.3 is 49.6 Å². The van der Waals surface area contributed by atoms with Crippen molar-refractivity contribution in [2.75, 3.05) is 26.2 Å². The molecule has 0 aliphatic carbocycles. The Morgan fingerprint density at radius 2 is 0.850 bits per heavy atom. The Morgan fingerprint density at radius 1 is 0.750 bits per heavy atom. The molecule has 0 bridgehead atoms. The third-order valence-corrected chi connectivity index (χ3v) is 2.68. The van der Waals surface area contributed by atoms with Crippen LogP contribution in [0.2, 0.25) is 0 Å². The van der Waals surface area contributed by atoms with Crippen molar-refractivity contribution in [2.45, 2.75) is 41.5 Å². The van der Waals surface area contributed by atoms with E-state index in [0.717, 1.165) is 0 Å². The van der Waals surface area contributed by atoms with E-state index >= 15 is 0 Å². The molecule has 0 N–H and O–H groups in total. The first-order valence-electron chi connectivity index (χ1n) is 6.30. The van der Waals surface area contributed by atoms with Gasteiger partial charge in [-0.25, -0.2) is 0 Å². The van der Waals surface area contributed by atoms with Crippen LogP contribution in [-0.2, 0) is 12.3 Å². The molecule has 8 heteroatoms. The normalized spacial score (nSPS) is 9.20. The minimum absolute atomic E-state index is 1.28. The van der Waals surface area contributed by atoms with Crippen molar-refractivity contribution < 1.29 is 16.8 Å². The van der Waals surface area contributed by atoms with E-state index in [2.05, 4.69) is 27.7 Å². The van der Waals surface area contributed by atoms with Crippen LogP contribution < -0.4 is 0 Å². The Labute approximate surface area is 143 Å². The van der Waals surface area contributed by atoms with Crippen molar-refractivity contribution in [2.24, 2.45) is 0 Å². The zero-order chi connectivity index (χ0) is 17.2. The molecule has 121 valence electrons. The molecule has 0 atom stereocenters. The van der Waals surface area contributed by atoms with E-state index in [9.17, 15) is 0 Å². The summed E-state index contributed by atoms with van der Waals surface area (Å²) in [4.78, 5) is 0. The predicted molar refractivity (Wildman–Crippen MR) is 88.4 cm³/mol. The average molecular weight is 402 g/mol.